The van der Waals surface area contributed by atoms with Gasteiger partial charge in [-0.15, -0.1) is 0 Å². The van der Waals surface area contributed by atoms with E-state index in [9.17, 15) is 9.59 Å². The Morgan fingerprint density at radius 3 is 2.39 bits per heavy atom. The molecule has 0 atom stereocenters. The number of amides is 1. The highest BCUT2D eigenvalue weighted by Crippen LogP contribution is 2.21. The maximum absolute atomic E-state index is 12.4. The van der Waals surface area contributed by atoms with Crippen molar-refractivity contribution in [1.29, 1.82) is 0 Å². The van der Waals surface area contributed by atoms with Crippen molar-refractivity contribution < 1.29 is 19.1 Å². The molecule has 0 aliphatic heterocycles. The molecule has 0 unspecified atom stereocenters. The second-order valence-corrected chi connectivity index (χ2v) is 5.03. The van der Waals surface area contributed by atoms with Crippen LogP contribution in [0, 0.1) is 13.8 Å². The van der Waals surface area contributed by atoms with E-state index in [2.05, 4.69) is 10.3 Å². The summed E-state index contributed by atoms with van der Waals surface area (Å²) in [6.07, 6.45) is 0. The Morgan fingerprint density at radius 1 is 1.17 bits per heavy atom. The Bertz CT molecular complexity index is 717. The number of anilines is 1. The van der Waals surface area contributed by atoms with E-state index in [-0.39, 0.29) is 5.91 Å². The molecule has 0 radical (unpaired) electrons. The number of hydrogen-bond donors (Lipinski definition) is 2. The van der Waals surface area contributed by atoms with Crippen LogP contribution < -0.4 is 10.1 Å². The van der Waals surface area contributed by atoms with E-state index in [1.807, 2.05) is 6.92 Å². The number of nitrogens with one attached hydrogen (secondary N) is 2. The van der Waals surface area contributed by atoms with Crippen molar-refractivity contribution in [2.45, 2.75) is 20.8 Å². The van der Waals surface area contributed by atoms with Crippen LogP contribution in [0.3, 0.4) is 0 Å². The molecule has 1 aromatic heterocycles. The van der Waals surface area contributed by atoms with Crippen LogP contribution in [0.25, 0.3) is 0 Å². The van der Waals surface area contributed by atoms with Gasteiger partial charge in [0.1, 0.15) is 11.4 Å². The molecule has 6 heteroatoms. The van der Waals surface area contributed by atoms with Crippen LogP contribution in [-0.4, -0.2) is 30.6 Å². The average molecular weight is 316 g/mol. The summed E-state index contributed by atoms with van der Waals surface area (Å²) in [7, 11) is 1.31. The number of aryl methyl sites for hydroxylation is 1. The number of benzene rings is 1. The van der Waals surface area contributed by atoms with Gasteiger partial charge in [-0.25, -0.2) is 4.79 Å². The third-order valence-corrected chi connectivity index (χ3v) is 3.48. The first-order valence-electron chi connectivity index (χ1n) is 7.29. The summed E-state index contributed by atoms with van der Waals surface area (Å²) >= 11 is 0. The lowest BCUT2D eigenvalue weighted by atomic mass is 10.1. The first kappa shape index (κ1) is 16.6. The molecule has 0 aliphatic rings. The first-order valence-corrected chi connectivity index (χ1v) is 7.29. The van der Waals surface area contributed by atoms with Gasteiger partial charge < -0.3 is 19.8 Å². The van der Waals surface area contributed by atoms with E-state index in [0.29, 0.717) is 34.8 Å². The van der Waals surface area contributed by atoms with Crippen LogP contribution >= 0.6 is 0 Å². The SMILES string of the molecule is CCOc1ccc(NC(=O)c2[nH]c(C)c(C(=O)OC)c2C)cc1. The summed E-state index contributed by atoms with van der Waals surface area (Å²) in [5.41, 5.74) is 2.55. The Kier molecular flexibility index (Phi) is 5.05. The molecular weight excluding hydrogens is 296 g/mol. The van der Waals surface area contributed by atoms with Gasteiger partial charge >= 0.3 is 5.97 Å². The van der Waals surface area contributed by atoms with E-state index in [1.54, 1.807) is 38.1 Å². The lowest BCUT2D eigenvalue weighted by Gasteiger charge is -2.07. The average Bonchev–Trinajstić information content (AvgIpc) is 2.84. The van der Waals surface area contributed by atoms with Gasteiger partial charge in [0, 0.05) is 11.4 Å². The fourth-order valence-electron chi connectivity index (χ4n) is 2.38. The van der Waals surface area contributed by atoms with Crippen molar-refractivity contribution in [1.82, 2.24) is 4.98 Å². The second kappa shape index (κ2) is 7.00. The van der Waals surface area contributed by atoms with Crippen molar-refractivity contribution in [2.24, 2.45) is 0 Å². The number of ether oxygens (including phenoxy) is 2. The molecule has 0 spiro atoms. The number of hydrogen-bond acceptors (Lipinski definition) is 4. The van der Waals surface area contributed by atoms with Crippen LogP contribution in [0.1, 0.15) is 39.0 Å². The number of methoxy groups -OCH3 is 1. The number of carbonyl (C=O) groups excluding carboxylic acids is 2. The van der Waals surface area contributed by atoms with Gasteiger partial charge in [0.15, 0.2) is 0 Å². The topological polar surface area (TPSA) is 80.4 Å². The summed E-state index contributed by atoms with van der Waals surface area (Å²) in [5, 5.41) is 2.79. The van der Waals surface area contributed by atoms with Crippen LogP contribution in [0.2, 0.25) is 0 Å². The highest BCUT2D eigenvalue weighted by atomic mass is 16.5. The van der Waals surface area contributed by atoms with Crippen molar-refractivity contribution in [3.8, 4) is 5.75 Å². The summed E-state index contributed by atoms with van der Waals surface area (Å²) in [6.45, 7) is 5.93. The fourth-order valence-corrected chi connectivity index (χ4v) is 2.38. The quantitative estimate of drug-likeness (QED) is 0.831. The molecule has 2 rings (SSSR count). The molecule has 1 heterocycles. The Balaban J connectivity index is 2.19. The molecule has 0 fully saturated rings. The van der Waals surface area contributed by atoms with Crippen LogP contribution in [0.5, 0.6) is 5.75 Å². The van der Waals surface area contributed by atoms with Gasteiger partial charge in [-0.3, -0.25) is 4.79 Å². The van der Waals surface area contributed by atoms with Crippen molar-refractivity contribution in [3.63, 3.8) is 0 Å². The van der Waals surface area contributed by atoms with Gasteiger partial charge in [0.2, 0.25) is 0 Å². The summed E-state index contributed by atoms with van der Waals surface area (Å²) in [6, 6.07) is 7.09. The zero-order valence-electron chi connectivity index (χ0n) is 13.6. The zero-order valence-corrected chi connectivity index (χ0v) is 13.6. The van der Waals surface area contributed by atoms with Gasteiger partial charge in [0.25, 0.3) is 5.91 Å². The number of carbonyl (C=O) groups is 2. The number of rotatable bonds is 5. The molecule has 0 saturated carbocycles. The second-order valence-electron chi connectivity index (χ2n) is 5.03. The monoisotopic (exact) mass is 316 g/mol. The summed E-state index contributed by atoms with van der Waals surface area (Å²) in [4.78, 5) is 27.1. The molecule has 2 aromatic rings. The zero-order chi connectivity index (χ0) is 17.0. The highest BCUT2D eigenvalue weighted by molar-refractivity contribution is 6.06. The predicted molar refractivity (Wildman–Crippen MR) is 87.2 cm³/mol. The van der Waals surface area contributed by atoms with Gasteiger partial charge in [-0.05, 0) is 50.6 Å². The number of H-pyrrole nitrogens is 1. The molecule has 23 heavy (non-hydrogen) atoms. The number of aromatic amines is 1. The van der Waals surface area contributed by atoms with Gasteiger partial charge in [0.05, 0.1) is 19.3 Å². The summed E-state index contributed by atoms with van der Waals surface area (Å²) < 4.78 is 10.1. The maximum Gasteiger partial charge on any atom is 0.339 e. The first-order chi connectivity index (χ1) is 11.0. The fraction of sp³-hybridized carbons (Fsp3) is 0.294. The van der Waals surface area contributed by atoms with E-state index >= 15 is 0 Å². The van der Waals surface area contributed by atoms with E-state index in [0.717, 1.165) is 5.75 Å². The minimum Gasteiger partial charge on any atom is -0.494 e. The van der Waals surface area contributed by atoms with E-state index < -0.39 is 5.97 Å². The normalized spacial score (nSPS) is 10.3. The van der Waals surface area contributed by atoms with Crippen LogP contribution in [-0.2, 0) is 4.74 Å². The maximum atomic E-state index is 12.4. The smallest absolute Gasteiger partial charge is 0.339 e. The van der Waals surface area contributed by atoms with Gasteiger partial charge in [-0.1, -0.05) is 0 Å². The lowest BCUT2D eigenvalue weighted by Crippen LogP contribution is -2.14. The van der Waals surface area contributed by atoms with E-state index in [1.165, 1.54) is 7.11 Å². The molecule has 0 saturated heterocycles. The largest absolute Gasteiger partial charge is 0.494 e. The van der Waals surface area contributed by atoms with Crippen LogP contribution in [0.15, 0.2) is 24.3 Å². The Morgan fingerprint density at radius 2 is 1.83 bits per heavy atom. The molecule has 122 valence electrons. The molecule has 0 bridgehead atoms. The Labute approximate surface area is 134 Å². The highest BCUT2D eigenvalue weighted by Gasteiger charge is 2.22. The van der Waals surface area contributed by atoms with Crippen LogP contribution in [0.4, 0.5) is 5.69 Å². The number of esters is 1. The van der Waals surface area contributed by atoms with Crippen molar-refractivity contribution in [3.05, 3.63) is 46.8 Å². The predicted octanol–water partition coefficient (Wildman–Crippen LogP) is 3.07. The number of aromatic nitrogens is 1. The Hall–Kier alpha value is -2.76. The van der Waals surface area contributed by atoms with Crippen molar-refractivity contribution in [2.75, 3.05) is 19.0 Å². The van der Waals surface area contributed by atoms with E-state index in [4.69, 9.17) is 9.47 Å². The molecule has 0 aliphatic carbocycles. The third-order valence-electron chi connectivity index (χ3n) is 3.48. The molecular formula is C17H20N2O4. The summed E-state index contributed by atoms with van der Waals surface area (Å²) in [5.74, 6) is -0.0355. The minimum atomic E-state index is -0.462. The molecule has 2 N–H and O–H groups in total. The standard InChI is InChI=1S/C17H20N2O4/c1-5-23-13-8-6-12(7-9-13)19-16(20)15-10(2)14(11(3)18-15)17(21)22-4/h6-9,18H,5H2,1-4H3,(H,19,20). The third kappa shape index (κ3) is 3.53. The minimum absolute atomic E-state index is 0.315. The van der Waals surface area contributed by atoms with Gasteiger partial charge in [-0.2, -0.15) is 0 Å². The molecule has 6 nitrogen and oxygen atoms in total. The molecule has 1 aromatic carbocycles. The molecule has 1 amide bonds. The van der Waals surface area contributed by atoms with Crippen molar-refractivity contribution >= 4 is 17.6 Å². The lowest BCUT2D eigenvalue weighted by molar-refractivity contribution is 0.0599.